The molecule has 0 N–H and O–H groups in total. The molecule has 0 aliphatic rings. The molecule has 1 heterocycles. The minimum Gasteiger partial charge on any atom is -0.486 e. The van der Waals surface area contributed by atoms with E-state index >= 15 is 0 Å². The van der Waals surface area contributed by atoms with E-state index in [-0.39, 0.29) is 24.1 Å². The van der Waals surface area contributed by atoms with Crippen LogP contribution < -0.4 is 9.64 Å². The Morgan fingerprint density at radius 1 is 1.19 bits per heavy atom. The van der Waals surface area contributed by atoms with Crippen LogP contribution in [0.3, 0.4) is 0 Å². The number of ether oxygens (including phenoxy) is 1. The molecular formula is C19H14BrClFNO3. The van der Waals surface area contributed by atoms with Gasteiger partial charge in [0.2, 0.25) is 0 Å². The standard InChI is InChI=1S/C19H14BrClFNO3/c1-23(17-8-2-12(20)10-16(17)21)19(24)18-9-7-15(26-18)11-25-14-5-3-13(22)4-6-14/h2-10H,11H2,1H3. The molecule has 2 aromatic carbocycles. The predicted molar refractivity (Wildman–Crippen MR) is 101 cm³/mol. The van der Waals surface area contributed by atoms with E-state index in [1.165, 1.54) is 29.2 Å². The Labute approximate surface area is 163 Å². The molecule has 134 valence electrons. The van der Waals surface area contributed by atoms with E-state index in [1.54, 1.807) is 37.4 Å². The average Bonchev–Trinajstić information content (AvgIpc) is 3.09. The van der Waals surface area contributed by atoms with Crippen molar-refractivity contribution in [1.29, 1.82) is 0 Å². The third-order valence-corrected chi connectivity index (χ3v) is 4.44. The van der Waals surface area contributed by atoms with Crippen LogP contribution >= 0.6 is 27.5 Å². The highest BCUT2D eigenvalue weighted by Crippen LogP contribution is 2.29. The zero-order valence-corrected chi connectivity index (χ0v) is 16.1. The van der Waals surface area contributed by atoms with E-state index < -0.39 is 0 Å². The molecule has 0 saturated heterocycles. The Balaban J connectivity index is 1.68. The number of rotatable bonds is 5. The summed E-state index contributed by atoms with van der Waals surface area (Å²) in [5.74, 6) is 0.492. The highest BCUT2D eigenvalue weighted by molar-refractivity contribution is 9.10. The molecule has 0 spiro atoms. The van der Waals surface area contributed by atoms with Gasteiger partial charge in [-0.15, -0.1) is 0 Å². The van der Waals surface area contributed by atoms with Crippen molar-refractivity contribution in [1.82, 2.24) is 0 Å². The van der Waals surface area contributed by atoms with Crippen LogP contribution in [0.2, 0.25) is 5.02 Å². The topological polar surface area (TPSA) is 42.7 Å². The zero-order valence-electron chi connectivity index (χ0n) is 13.7. The summed E-state index contributed by atoms with van der Waals surface area (Å²) < 4.78 is 24.8. The number of furan rings is 1. The van der Waals surface area contributed by atoms with E-state index in [0.717, 1.165) is 4.47 Å². The van der Waals surface area contributed by atoms with Crippen molar-refractivity contribution in [3.05, 3.63) is 81.4 Å². The van der Waals surface area contributed by atoms with Crippen LogP contribution in [0.1, 0.15) is 16.3 Å². The van der Waals surface area contributed by atoms with Crippen LogP contribution in [0.5, 0.6) is 5.75 Å². The van der Waals surface area contributed by atoms with Crippen LogP contribution in [-0.2, 0) is 6.61 Å². The maximum Gasteiger partial charge on any atom is 0.293 e. The second kappa shape index (κ2) is 7.93. The van der Waals surface area contributed by atoms with Gasteiger partial charge in [0.15, 0.2) is 5.76 Å². The van der Waals surface area contributed by atoms with Gasteiger partial charge < -0.3 is 14.1 Å². The number of anilines is 1. The van der Waals surface area contributed by atoms with Crippen LogP contribution in [0.15, 0.2) is 63.5 Å². The lowest BCUT2D eigenvalue weighted by molar-refractivity contribution is 0.0962. The molecule has 0 aliphatic carbocycles. The van der Waals surface area contributed by atoms with Crippen molar-refractivity contribution < 1.29 is 18.3 Å². The summed E-state index contributed by atoms with van der Waals surface area (Å²) in [5.41, 5.74) is 0.570. The summed E-state index contributed by atoms with van der Waals surface area (Å²) in [6, 6.07) is 14.2. The second-order valence-corrected chi connectivity index (χ2v) is 6.79. The molecule has 1 amide bonds. The van der Waals surface area contributed by atoms with E-state index in [2.05, 4.69) is 15.9 Å². The molecule has 7 heteroatoms. The Kier molecular flexibility index (Phi) is 5.64. The molecular weight excluding hydrogens is 425 g/mol. The van der Waals surface area contributed by atoms with Crippen molar-refractivity contribution in [2.24, 2.45) is 0 Å². The van der Waals surface area contributed by atoms with E-state index in [9.17, 15) is 9.18 Å². The van der Waals surface area contributed by atoms with Gasteiger partial charge in [-0.3, -0.25) is 4.79 Å². The third kappa shape index (κ3) is 4.26. The van der Waals surface area contributed by atoms with Crippen molar-refractivity contribution in [3.63, 3.8) is 0 Å². The van der Waals surface area contributed by atoms with Crippen LogP contribution in [0.25, 0.3) is 0 Å². The normalized spacial score (nSPS) is 10.6. The maximum absolute atomic E-state index is 12.9. The second-order valence-electron chi connectivity index (χ2n) is 5.47. The van der Waals surface area contributed by atoms with Crippen LogP contribution in [-0.4, -0.2) is 13.0 Å². The number of benzene rings is 2. The van der Waals surface area contributed by atoms with Gasteiger partial charge in [0.1, 0.15) is 23.9 Å². The summed E-state index contributed by atoms with van der Waals surface area (Å²) >= 11 is 9.52. The van der Waals surface area contributed by atoms with Gasteiger partial charge in [0.05, 0.1) is 10.7 Å². The highest BCUT2D eigenvalue weighted by Gasteiger charge is 2.19. The first-order chi connectivity index (χ1) is 12.4. The number of hydrogen-bond donors (Lipinski definition) is 0. The minimum absolute atomic E-state index is 0.127. The quantitative estimate of drug-likeness (QED) is 0.514. The van der Waals surface area contributed by atoms with Gasteiger partial charge in [0, 0.05) is 11.5 Å². The predicted octanol–water partition coefficient (Wildman–Crippen LogP) is 5.69. The molecule has 1 aromatic heterocycles. The first kappa shape index (κ1) is 18.5. The Morgan fingerprint density at radius 2 is 1.92 bits per heavy atom. The molecule has 0 atom stereocenters. The molecule has 0 fully saturated rings. The summed E-state index contributed by atoms with van der Waals surface area (Å²) in [7, 11) is 1.62. The van der Waals surface area contributed by atoms with Gasteiger partial charge in [-0.1, -0.05) is 27.5 Å². The van der Waals surface area contributed by atoms with Gasteiger partial charge in [-0.05, 0) is 54.6 Å². The Hall–Kier alpha value is -2.31. The molecule has 0 saturated carbocycles. The Morgan fingerprint density at radius 3 is 2.62 bits per heavy atom. The minimum atomic E-state index is -0.335. The number of carbonyl (C=O) groups excluding carboxylic acids is 1. The van der Waals surface area contributed by atoms with Crippen LogP contribution in [0, 0.1) is 5.82 Å². The zero-order chi connectivity index (χ0) is 18.7. The summed E-state index contributed by atoms with van der Waals surface area (Å²) in [5, 5.41) is 0.446. The molecule has 0 radical (unpaired) electrons. The SMILES string of the molecule is CN(C(=O)c1ccc(COc2ccc(F)cc2)o1)c1ccc(Br)cc1Cl. The fraction of sp³-hybridized carbons (Fsp3) is 0.105. The first-order valence-corrected chi connectivity index (χ1v) is 8.81. The average molecular weight is 439 g/mol. The molecule has 3 aromatic rings. The highest BCUT2D eigenvalue weighted by atomic mass is 79.9. The monoisotopic (exact) mass is 437 g/mol. The number of carbonyl (C=O) groups is 1. The number of hydrogen-bond acceptors (Lipinski definition) is 3. The summed E-state index contributed by atoms with van der Waals surface area (Å²) in [4.78, 5) is 14.0. The number of amides is 1. The smallest absolute Gasteiger partial charge is 0.293 e. The van der Waals surface area contributed by atoms with Gasteiger partial charge in [-0.2, -0.15) is 0 Å². The van der Waals surface area contributed by atoms with Crippen molar-refractivity contribution in [2.75, 3.05) is 11.9 Å². The largest absolute Gasteiger partial charge is 0.486 e. The molecule has 4 nitrogen and oxygen atoms in total. The van der Waals surface area contributed by atoms with Gasteiger partial charge in [0.25, 0.3) is 5.91 Å². The Bertz CT molecular complexity index is 927. The molecule has 0 bridgehead atoms. The molecule has 0 unspecified atom stereocenters. The van der Waals surface area contributed by atoms with E-state index in [0.29, 0.717) is 22.2 Å². The van der Waals surface area contributed by atoms with Crippen molar-refractivity contribution >= 4 is 39.1 Å². The molecule has 3 rings (SSSR count). The fourth-order valence-corrected chi connectivity index (χ4v) is 3.08. The van der Waals surface area contributed by atoms with Gasteiger partial charge >= 0.3 is 0 Å². The fourth-order valence-electron chi connectivity index (χ4n) is 2.28. The molecule has 0 aliphatic heterocycles. The van der Waals surface area contributed by atoms with Gasteiger partial charge in [-0.25, -0.2) is 4.39 Å². The summed E-state index contributed by atoms with van der Waals surface area (Å²) in [6.45, 7) is 0.127. The number of halogens is 3. The van der Waals surface area contributed by atoms with Crippen LogP contribution in [0.4, 0.5) is 10.1 Å². The van der Waals surface area contributed by atoms with E-state index in [1.807, 2.05) is 0 Å². The first-order valence-electron chi connectivity index (χ1n) is 7.64. The maximum atomic E-state index is 12.9. The number of nitrogens with zero attached hydrogens (tertiary/aromatic N) is 1. The third-order valence-electron chi connectivity index (χ3n) is 3.64. The summed E-state index contributed by atoms with van der Waals surface area (Å²) in [6.07, 6.45) is 0. The molecule has 26 heavy (non-hydrogen) atoms. The van der Waals surface area contributed by atoms with Crippen molar-refractivity contribution in [2.45, 2.75) is 6.61 Å². The van der Waals surface area contributed by atoms with Crippen molar-refractivity contribution in [3.8, 4) is 5.75 Å². The lowest BCUT2D eigenvalue weighted by Gasteiger charge is -2.17. The van der Waals surface area contributed by atoms with E-state index in [4.69, 9.17) is 20.8 Å². The lowest BCUT2D eigenvalue weighted by atomic mass is 10.3. The lowest BCUT2D eigenvalue weighted by Crippen LogP contribution is -2.26.